The Morgan fingerprint density at radius 2 is 1.66 bits per heavy atom. The Bertz CT molecular complexity index is 675. The van der Waals surface area contributed by atoms with Crippen LogP contribution < -0.4 is 0 Å². The Morgan fingerprint density at radius 1 is 0.931 bits per heavy atom. The van der Waals surface area contributed by atoms with E-state index in [1.54, 1.807) is 6.20 Å². The van der Waals surface area contributed by atoms with Gasteiger partial charge in [0, 0.05) is 38.2 Å². The van der Waals surface area contributed by atoms with Gasteiger partial charge in [-0.25, -0.2) is 0 Å². The largest absolute Gasteiger partial charge is 0.343 e. The number of pyridine rings is 1. The number of rotatable bonds is 7. The predicted octanol–water partition coefficient (Wildman–Crippen LogP) is 4.17. The van der Waals surface area contributed by atoms with Gasteiger partial charge in [0.05, 0.1) is 12.2 Å². The third-order valence-corrected chi connectivity index (χ3v) is 6.99. The molecule has 0 radical (unpaired) electrons. The highest BCUT2D eigenvalue weighted by Crippen LogP contribution is 2.31. The van der Waals surface area contributed by atoms with Crippen molar-refractivity contribution in [3.63, 3.8) is 0 Å². The van der Waals surface area contributed by atoms with Crippen molar-refractivity contribution in [1.29, 1.82) is 0 Å². The summed E-state index contributed by atoms with van der Waals surface area (Å²) in [6.45, 7) is 2.28. The Morgan fingerprint density at radius 3 is 2.31 bits per heavy atom. The monoisotopic (exact) mass is 397 g/mol. The summed E-state index contributed by atoms with van der Waals surface area (Å²) in [7, 11) is 0. The first-order valence-corrected chi connectivity index (χ1v) is 11.7. The molecule has 2 heterocycles. The highest BCUT2D eigenvalue weighted by molar-refractivity contribution is 5.78. The van der Waals surface area contributed by atoms with E-state index in [1.165, 1.54) is 32.1 Å². The van der Waals surface area contributed by atoms with Crippen molar-refractivity contribution in [2.45, 2.75) is 83.2 Å². The molecule has 1 aromatic heterocycles. The number of amides is 2. The van der Waals surface area contributed by atoms with Crippen LogP contribution in [0, 0.1) is 11.8 Å². The molecule has 158 valence electrons. The van der Waals surface area contributed by atoms with Crippen molar-refractivity contribution in [2.75, 3.05) is 13.1 Å². The molecular weight excluding hydrogens is 362 g/mol. The zero-order chi connectivity index (χ0) is 20.1. The average molecular weight is 398 g/mol. The first kappa shape index (κ1) is 20.4. The molecule has 1 aliphatic heterocycles. The minimum absolute atomic E-state index is 0.269. The lowest BCUT2D eigenvalue weighted by Crippen LogP contribution is -2.41. The predicted molar refractivity (Wildman–Crippen MR) is 113 cm³/mol. The van der Waals surface area contributed by atoms with Crippen LogP contribution in [0.5, 0.6) is 0 Å². The summed E-state index contributed by atoms with van der Waals surface area (Å²) in [5.41, 5.74) is 0.968. The van der Waals surface area contributed by atoms with E-state index < -0.39 is 0 Å². The molecule has 0 spiro atoms. The summed E-state index contributed by atoms with van der Waals surface area (Å²) in [6.07, 6.45) is 13.7. The lowest BCUT2D eigenvalue weighted by molar-refractivity contribution is -0.135. The SMILES string of the molecule is O=C(CC1CCCCC1)N1CCC(CC(=O)N(Cc2ccccn2)C2CC2)CC1. The first-order chi connectivity index (χ1) is 14.2. The van der Waals surface area contributed by atoms with Crippen molar-refractivity contribution in [3.05, 3.63) is 30.1 Å². The van der Waals surface area contributed by atoms with Crippen LogP contribution in [0.3, 0.4) is 0 Å². The lowest BCUT2D eigenvalue weighted by Gasteiger charge is -2.34. The summed E-state index contributed by atoms with van der Waals surface area (Å²) in [5, 5.41) is 0. The van der Waals surface area contributed by atoms with Gasteiger partial charge in [-0.05, 0) is 62.5 Å². The molecule has 0 bridgehead atoms. The summed E-state index contributed by atoms with van der Waals surface area (Å²) in [5.74, 6) is 1.63. The van der Waals surface area contributed by atoms with E-state index in [-0.39, 0.29) is 5.91 Å². The fourth-order valence-corrected chi connectivity index (χ4v) is 4.99. The van der Waals surface area contributed by atoms with Gasteiger partial charge in [0.1, 0.15) is 0 Å². The molecule has 1 saturated heterocycles. The number of nitrogens with zero attached hydrogens (tertiary/aromatic N) is 3. The third kappa shape index (κ3) is 5.80. The summed E-state index contributed by atoms with van der Waals surface area (Å²) in [6, 6.07) is 6.30. The van der Waals surface area contributed by atoms with Gasteiger partial charge in [-0.15, -0.1) is 0 Å². The second kappa shape index (κ2) is 9.73. The summed E-state index contributed by atoms with van der Waals surface area (Å²) in [4.78, 5) is 34.1. The molecule has 1 aromatic rings. The molecule has 5 heteroatoms. The maximum Gasteiger partial charge on any atom is 0.223 e. The average Bonchev–Trinajstić information content (AvgIpc) is 3.59. The smallest absolute Gasteiger partial charge is 0.223 e. The highest BCUT2D eigenvalue weighted by atomic mass is 16.2. The quantitative estimate of drug-likeness (QED) is 0.694. The lowest BCUT2D eigenvalue weighted by atomic mass is 9.86. The van der Waals surface area contributed by atoms with E-state index in [9.17, 15) is 9.59 Å². The molecule has 0 aromatic carbocycles. The van der Waals surface area contributed by atoms with Crippen LogP contribution in [0.4, 0.5) is 0 Å². The fraction of sp³-hybridized carbons (Fsp3) is 0.708. The molecule has 29 heavy (non-hydrogen) atoms. The minimum Gasteiger partial charge on any atom is -0.343 e. The normalized spacial score (nSPS) is 21.2. The number of aromatic nitrogens is 1. The Kier molecular flexibility index (Phi) is 6.83. The van der Waals surface area contributed by atoms with Gasteiger partial charge < -0.3 is 9.80 Å². The van der Waals surface area contributed by atoms with E-state index in [4.69, 9.17) is 0 Å². The number of carbonyl (C=O) groups excluding carboxylic acids is 2. The van der Waals surface area contributed by atoms with Crippen molar-refractivity contribution in [1.82, 2.24) is 14.8 Å². The van der Waals surface area contributed by atoms with E-state index >= 15 is 0 Å². The van der Waals surface area contributed by atoms with E-state index in [1.807, 2.05) is 23.1 Å². The van der Waals surface area contributed by atoms with Gasteiger partial charge in [-0.3, -0.25) is 14.6 Å². The number of hydrogen-bond donors (Lipinski definition) is 0. The van der Waals surface area contributed by atoms with Gasteiger partial charge >= 0.3 is 0 Å². The first-order valence-electron chi connectivity index (χ1n) is 11.7. The molecule has 2 aliphatic carbocycles. The molecular formula is C24H35N3O2. The maximum atomic E-state index is 13.0. The van der Waals surface area contributed by atoms with E-state index in [2.05, 4.69) is 9.88 Å². The fourth-order valence-electron chi connectivity index (χ4n) is 4.99. The van der Waals surface area contributed by atoms with Crippen LogP contribution >= 0.6 is 0 Å². The topological polar surface area (TPSA) is 53.5 Å². The number of carbonyl (C=O) groups is 2. The summed E-state index contributed by atoms with van der Waals surface area (Å²) < 4.78 is 0. The second-order valence-electron chi connectivity index (χ2n) is 9.31. The molecule has 0 N–H and O–H groups in total. The van der Waals surface area contributed by atoms with Gasteiger partial charge in [-0.1, -0.05) is 25.3 Å². The van der Waals surface area contributed by atoms with E-state index in [0.29, 0.717) is 36.8 Å². The molecule has 5 nitrogen and oxygen atoms in total. The molecule has 2 amide bonds. The van der Waals surface area contributed by atoms with Crippen LogP contribution in [0.25, 0.3) is 0 Å². The standard InChI is InChI=1S/C24H35N3O2/c28-23(16-19-6-2-1-3-7-19)26-14-11-20(12-15-26)17-24(29)27(22-9-10-22)18-21-8-4-5-13-25-21/h4-5,8,13,19-20,22H,1-3,6-7,9-12,14-18H2. The molecule has 0 unspecified atom stereocenters. The van der Waals surface area contributed by atoms with E-state index in [0.717, 1.165) is 50.9 Å². The molecule has 2 saturated carbocycles. The molecule has 3 fully saturated rings. The number of piperidine rings is 1. The maximum absolute atomic E-state index is 13.0. The third-order valence-electron chi connectivity index (χ3n) is 6.99. The van der Waals surface area contributed by atoms with Gasteiger partial charge in [0.25, 0.3) is 0 Å². The second-order valence-corrected chi connectivity index (χ2v) is 9.31. The van der Waals surface area contributed by atoms with Crippen molar-refractivity contribution < 1.29 is 9.59 Å². The van der Waals surface area contributed by atoms with Gasteiger partial charge in [0.15, 0.2) is 0 Å². The van der Waals surface area contributed by atoms with Crippen molar-refractivity contribution in [3.8, 4) is 0 Å². The van der Waals surface area contributed by atoms with Crippen LogP contribution in [-0.2, 0) is 16.1 Å². The summed E-state index contributed by atoms with van der Waals surface area (Å²) >= 11 is 0. The van der Waals surface area contributed by atoms with Gasteiger partial charge in [0.2, 0.25) is 11.8 Å². The zero-order valence-electron chi connectivity index (χ0n) is 17.6. The minimum atomic E-state index is 0.269. The molecule has 0 atom stereocenters. The molecule has 3 aliphatic rings. The van der Waals surface area contributed by atoms with Crippen molar-refractivity contribution in [2.24, 2.45) is 11.8 Å². The van der Waals surface area contributed by atoms with Crippen molar-refractivity contribution >= 4 is 11.8 Å². The van der Waals surface area contributed by atoms with Crippen LogP contribution in [0.15, 0.2) is 24.4 Å². The van der Waals surface area contributed by atoms with Crippen LogP contribution in [-0.4, -0.2) is 45.7 Å². The van der Waals surface area contributed by atoms with Crippen LogP contribution in [0.2, 0.25) is 0 Å². The van der Waals surface area contributed by atoms with Crippen LogP contribution in [0.1, 0.15) is 76.3 Å². The highest BCUT2D eigenvalue weighted by Gasteiger charge is 2.34. The zero-order valence-corrected chi connectivity index (χ0v) is 17.6. The Hall–Kier alpha value is -1.91. The number of likely N-dealkylation sites (tertiary alicyclic amines) is 1. The Labute approximate surface area is 174 Å². The number of hydrogen-bond acceptors (Lipinski definition) is 3. The molecule has 4 rings (SSSR count). The Balaban J connectivity index is 1.23. The van der Waals surface area contributed by atoms with Gasteiger partial charge in [-0.2, -0.15) is 0 Å².